The van der Waals surface area contributed by atoms with Gasteiger partial charge in [0.1, 0.15) is 17.3 Å². The molecule has 244 valence electrons. The van der Waals surface area contributed by atoms with Crippen molar-refractivity contribution in [3.63, 3.8) is 0 Å². The van der Waals surface area contributed by atoms with Crippen LogP contribution in [0.3, 0.4) is 0 Å². The number of benzene rings is 3. The van der Waals surface area contributed by atoms with Gasteiger partial charge in [-0.25, -0.2) is 8.78 Å². The molecule has 0 saturated carbocycles. The Morgan fingerprint density at radius 2 is 1.51 bits per heavy atom. The summed E-state index contributed by atoms with van der Waals surface area (Å²) in [6.45, 7) is 2.39. The molecule has 8 nitrogen and oxygen atoms in total. The molecule has 0 amide bonds. The average Bonchev–Trinajstić information content (AvgIpc) is 2.99. The minimum absolute atomic E-state index is 0.00452. The maximum atomic E-state index is 13.9. The molecular formula is C34H41F2O8S+. The van der Waals surface area contributed by atoms with Crippen LogP contribution in [-0.4, -0.2) is 45.7 Å². The lowest BCUT2D eigenvalue weighted by atomic mass is 9.97. The van der Waals surface area contributed by atoms with Gasteiger partial charge in [-0.15, -0.1) is 0 Å². The summed E-state index contributed by atoms with van der Waals surface area (Å²) in [6, 6.07) is 13.8. The molecule has 1 unspecified atom stereocenters. The molecule has 3 aromatic rings. The molecule has 0 aliphatic rings. The van der Waals surface area contributed by atoms with Crippen molar-refractivity contribution >= 4 is 22.2 Å². The van der Waals surface area contributed by atoms with E-state index in [4.69, 9.17) is 14.6 Å². The van der Waals surface area contributed by atoms with Crippen LogP contribution in [0.25, 0.3) is 11.1 Å². The molecule has 3 N–H and O–H groups in total. The third kappa shape index (κ3) is 11.6. The number of halogens is 2. The fourth-order valence-electron chi connectivity index (χ4n) is 4.94. The Morgan fingerprint density at radius 3 is 2.22 bits per heavy atom. The van der Waals surface area contributed by atoms with Crippen LogP contribution in [0, 0.1) is 11.6 Å². The van der Waals surface area contributed by atoms with Crippen LogP contribution in [0.4, 0.5) is 8.78 Å². The molecule has 0 spiro atoms. The fourth-order valence-corrected chi connectivity index (χ4v) is 6.34. The molecule has 0 bridgehead atoms. The number of hydrogen-bond acceptors (Lipinski definition) is 5. The summed E-state index contributed by atoms with van der Waals surface area (Å²) in [5, 5.41) is 18.1. The van der Waals surface area contributed by atoms with Gasteiger partial charge in [-0.2, -0.15) is 4.55 Å². The molecule has 0 fully saturated rings. The van der Waals surface area contributed by atoms with E-state index in [0.29, 0.717) is 54.9 Å². The highest BCUT2D eigenvalue weighted by Gasteiger charge is 2.29. The number of carboxylic acid groups (broad SMARTS) is 2. The summed E-state index contributed by atoms with van der Waals surface area (Å²) in [4.78, 5) is 22.2. The molecule has 0 aromatic heterocycles. The van der Waals surface area contributed by atoms with Crippen molar-refractivity contribution in [2.24, 2.45) is 0 Å². The van der Waals surface area contributed by atoms with Crippen LogP contribution in [-0.2, 0) is 36.9 Å². The summed E-state index contributed by atoms with van der Waals surface area (Å²) in [7, 11) is -3.34. The third-order valence-electron chi connectivity index (χ3n) is 7.20. The van der Waals surface area contributed by atoms with E-state index in [9.17, 15) is 32.2 Å². The fraction of sp³-hybridized carbons (Fsp3) is 0.412. The van der Waals surface area contributed by atoms with Crippen LogP contribution >= 0.6 is 0 Å². The monoisotopic (exact) mass is 647 g/mol. The Bertz CT molecular complexity index is 1490. The van der Waals surface area contributed by atoms with E-state index < -0.39 is 33.8 Å². The Hall–Kier alpha value is -3.83. The molecule has 0 heterocycles. The minimum atomic E-state index is -3.34. The zero-order valence-electron chi connectivity index (χ0n) is 25.4. The second kappa shape index (κ2) is 17.6. The molecule has 45 heavy (non-hydrogen) atoms. The van der Waals surface area contributed by atoms with Gasteiger partial charge in [0.2, 0.25) is 10.2 Å². The van der Waals surface area contributed by atoms with Crippen molar-refractivity contribution in [1.82, 2.24) is 0 Å². The number of ether oxygens (including phenoxy) is 2. The second-order valence-corrected chi connectivity index (χ2v) is 13.0. The van der Waals surface area contributed by atoms with Gasteiger partial charge in [0.15, 0.2) is 16.5 Å². The number of rotatable bonds is 20. The van der Waals surface area contributed by atoms with Crippen molar-refractivity contribution in [1.29, 1.82) is 0 Å². The number of unbranched alkanes of at least 4 members (excludes halogenated alkanes) is 3. The zero-order chi connectivity index (χ0) is 32.8. The summed E-state index contributed by atoms with van der Waals surface area (Å²) in [6.07, 6.45) is 5.14. The van der Waals surface area contributed by atoms with E-state index >= 15 is 0 Å². The first-order valence-electron chi connectivity index (χ1n) is 15.1. The van der Waals surface area contributed by atoms with E-state index in [1.54, 1.807) is 19.1 Å². The van der Waals surface area contributed by atoms with Crippen LogP contribution < -0.4 is 9.47 Å². The van der Waals surface area contributed by atoms with Crippen molar-refractivity contribution in [3.05, 3.63) is 77.4 Å². The smallest absolute Gasteiger partial charge is 0.303 e. The highest BCUT2D eigenvalue weighted by molar-refractivity contribution is 7.97. The molecule has 1 atom stereocenters. The van der Waals surface area contributed by atoms with Crippen molar-refractivity contribution < 1.29 is 46.8 Å². The molecule has 0 saturated heterocycles. The van der Waals surface area contributed by atoms with Crippen molar-refractivity contribution in [2.45, 2.75) is 76.0 Å². The normalized spacial score (nSPS) is 12.4. The molecule has 11 heteroatoms. The van der Waals surface area contributed by atoms with Gasteiger partial charge in [0.25, 0.3) is 0 Å². The first kappa shape index (κ1) is 35.6. The lowest BCUT2D eigenvalue weighted by Gasteiger charge is -2.15. The molecule has 3 aromatic carbocycles. The van der Waals surface area contributed by atoms with Gasteiger partial charge >= 0.3 is 11.9 Å². The molecule has 0 aliphatic carbocycles. The number of hydrogen-bond donors (Lipinski definition) is 3. The van der Waals surface area contributed by atoms with E-state index in [1.165, 1.54) is 18.2 Å². The van der Waals surface area contributed by atoms with Gasteiger partial charge in [0.05, 0.1) is 13.2 Å². The van der Waals surface area contributed by atoms with Gasteiger partial charge in [-0.1, -0.05) is 42.2 Å². The van der Waals surface area contributed by atoms with Crippen LogP contribution in [0.2, 0.25) is 0 Å². The highest BCUT2D eigenvalue weighted by Crippen LogP contribution is 2.32. The summed E-state index contributed by atoms with van der Waals surface area (Å²) < 4.78 is 62.7. The Balaban J connectivity index is 1.58. The van der Waals surface area contributed by atoms with E-state index in [-0.39, 0.29) is 30.1 Å². The van der Waals surface area contributed by atoms with Gasteiger partial charge in [-0.05, 0) is 85.0 Å². The first-order chi connectivity index (χ1) is 21.5. The van der Waals surface area contributed by atoms with E-state index in [1.807, 2.05) is 12.1 Å². The average molecular weight is 648 g/mol. The van der Waals surface area contributed by atoms with E-state index in [0.717, 1.165) is 48.9 Å². The predicted molar refractivity (Wildman–Crippen MR) is 168 cm³/mol. The molecular weight excluding hydrogens is 606 g/mol. The largest absolute Gasteiger partial charge is 0.493 e. The predicted octanol–water partition coefficient (Wildman–Crippen LogP) is 7.82. The molecule has 0 radical (unpaired) electrons. The minimum Gasteiger partial charge on any atom is -0.493 e. The molecule has 3 rings (SSSR count). The number of aliphatic carboxylic acids is 2. The summed E-state index contributed by atoms with van der Waals surface area (Å²) in [5.74, 6) is -2.78. The quantitative estimate of drug-likeness (QED) is 0.0836. The number of carbonyl (C=O) groups is 2. The summed E-state index contributed by atoms with van der Waals surface area (Å²) >= 11 is 0. The Morgan fingerprint density at radius 1 is 0.778 bits per heavy atom. The molecule has 0 aliphatic heterocycles. The highest BCUT2D eigenvalue weighted by atomic mass is 32.3. The second-order valence-electron chi connectivity index (χ2n) is 10.8. The maximum absolute atomic E-state index is 13.9. The topological polar surface area (TPSA) is 130 Å². The number of aryl methyl sites for hydroxylation is 1. The SMILES string of the molecule is CCC[S+](=O)(O)c1cc(OCCCCCCc2cccc(OCCCC(=O)O)c2CCC(=O)O)cc(-c2ccc(F)c(F)c2)c1. The van der Waals surface area contributed by atoms with Crippen LogP contribution in [0.15, 0.2) is 59.5 Å². The first-order valence-corrected chi connectivity index (χ1v) is 16.8. The Labute approximate surface area is 263 Å². The van der Waals surface area contributed by atoms with Gasteiger partial charge in [-0.3, -0.25) is 9.59 Å². The van der Waals surface area contributed by atoms with E-state index in [2.05, 4.69) is 0 Å². The third-order valence-corrected chi connectivity index (χ3v) is 9.14. The summed E-state index contributed by atoms with van der Waals surface area (Å²) in [5.41, 5.74) is 2.65. The lowest BCUT2D eigenvalue weighted by molar-refractivity contribution is -0.138. The van der Waals surface area contributed by atoms with Gasteiger partial charge in [0, 0.05) is 25.0 Å². The zero-order valence-corrected chi connectivity index (χ0v) is 26.3. The van der Waals surface area contributed by atoms with Crippen molar-refractivity contribution in [2.75, 3.05) is 19.0 Å². The Kier molecular flexibility index (Phi) is 13.9. The lowest BCUT2D eigenvalue weighted by Crippen LogP contribution is -2.14. The standard InChI is InChI=1S/C34H40F2O8S/c1-2-19-45(41,42)28-21-26(25-13-15-30(35)31(36)22-25)20-27(23-28)43-17-6-4-3-5-9-24-10-7-11-32(29(24)14-16-34(39)40)44-18-8-12-33(37)38/h7,10-11,13,15,20-23H,2-6,8-9,12,14,16-19H2,1H3,(H2-,37,38,39,40,41,42)/p+1. The number of carboxylic acids is 2. The van der Waals surface area contributed by atoms with Gasteiger partial charge < -0.3 is 19.7 Å². The van der Waals surface area contributed by atoms with Crippen molar-refractivity contribution in [3.8, 4) is 22.6 Å². The van der Waals surface area contributed by atoms with Crippen LogP contribution in [0.1, 0.15) is 69.4 Å². The van der Waals surface area contributed by atoms with Crippen LogP contribution in [0.5, 0.6) is 11.5 Å². The maximum Gasteiger partial charge on any atom is 0.303 e.